The minimum absolute atomic E-state index is 0.106. The van der Waals surface area contributed by atoms with Gasteiger partial charge in [0.05, 0.1) is 46.4 Å². The topological polar surface area (TPSA) is 116 Å². The molecule has 0 spiro atoms. The Labute approximate surface area is 282 Å². The number of thioether (sulfide) groups is 1. The van der Waals surface area contributed by atoms with E-state index >= 15 is 0 Å². The molecule has 2 N–H and O–H groups in total. The molecule has 1 saturated carbocycles. The van der Waals surface area contributed by atoms with Crippen LogP contribution < -0.4 is 15.4 Å². The van der Waals surface area contributed by atoms with Gasteiger partial charge >= 0.3 is 0 Å². The van der Waals surface area contributed by atoms with Crippen LogP contribution in [0.25, 0.3) is 22.2 Å². The normalized spacial score (nSPS) is 16.2. The Balaban J connectivity index is 1.38. The quantitative estimate of drug-likeness (QED) is 0.165. The van der Waals surface area contributed by atoms with Gasteiger partial charge in [0.25, 0.3) is 11.8 Å². The Morgan fingerprint density at radius 1 is 1.13 bits per heavy atom. The van der Waals surface area contributed by atoms with Crippen molar-refractivity contribution in [2.75, 3.05) is 11.2 Å². The fraction of sp³-hybridized carbons (Fsp3) is 0.306. The van der Waals surface area contributed by atoms with Crippen molar-refractivity contribution in [2.24, 2.45) is 11.7 Å². The van der Waals surface area contributed by atoms with E-state index in [1.807, 2.05) is 22.9 Å². The Kier molecular flexibility index (Phi) is 7.96. The molecule has 1 atom stereocenters. The number of halogens is 1. The number of anilines is 1. The summed E-state index contributed by atoms with van der Waals surface area (Å²) in [5.41, 5.74) is 10.6. The summed E-state index contributed by atoms with van der Waals surface area (Å²) in [5, 5.41) is 6.06. The summed E-state index contributed by atoms with van der Waals surface area (Å²) in [6.45, 7) is 5.84. The molecular formula is C36H35ClN6O3S. The lowest BCUT2D eigenvalue weighted by Crippen LogP contribution is -2.52. The second kappa shape index (κ2) is 12.0. The Hall–Kier alpha value is -4.41. The first-order valence-electron chi connectivity index (χ1n) is 15.6. The molecule has 5 aromatic rings. The maximum Gasteiger partial charge on any atom is 0.271 e. The van der Waals surface area contributed by atoms with E-state index in [2.05, 4.69) is 42.4 Å². The van der Waals surface area contributed by atoms with Crippen molar-refractivity contribution in [1.29, 1.82) is 0 Å². The Morgan fingerprint density at radius 2 is 1.89 bits per heavy atom. The molecule has 0 saturated heterocycles. The van der Waals surface area contributed by atoms with E-state index in [9.17, 15) is 9.59 Å². The molecule has 3 aromatic heterocycles. The monoisotopic (exact) mass is 666 g/mol. The van der Waals surface area contributed by atoms with Crippen molar-refractivity contribution in [1.82, 2.24) is 19.7 Å². The van der Waals surface area contributed by atoms with Gasteiger partial charge in [-0.05, 0) is 99.7 Å². The van der Waals surface area contributed by atoms with Gasteiger partial charge in [0, 0.05) is 22.0 Å². The summed E-state index contributed by atoms with van der Waals surface area (Å²) in [7, 11) is 0. The van der Waals surface area contributed by atoms with Gasteiger partial charge in [-0.1, -0.05) is 29.8 Å². The maximum atomic E-state index is 13.6. The molecule has 1 aliphatic carbocycles. The number of hydrogen-bond acceptors (Lipinski definition) is 7. The number of ether oxygens (including phenoxy) is 1. The van der Waals surface area contributed by atoms with E-state index in [-0.39, 0.29) is 18.5 Å². The van der Waals surface area contributed by atoms with Crippen molar-refractivity contribution >= 4 is 51.9 Å². The van der Waals surface area contributed by atoms with E-state index in [0.29, 0.717) is 57.0 Å². The highest BCUT2D eigenvalue weighted by molar-refractivity contribution is 7.98. The number of fused-ring (bicyclic) bond motifs is 2. The van der Waals surface area contributed by atoms with Crippen LogP contribution in [-0.2, 0) is 17.8 Å². The number of hydrogen-bond donors (Lipinski definition) is 1. The second-order valence-electron chi connectivity index (χ2n) is 12.7. The summed E-state index contributed by atoms with van der Waals surface area (Å²) in [5.74, 6) is 0.251. The zero-order valence-corrected chi connectivity index (χ0v) is 28.2. The molecule has 2 amide bonds. The number of pyridine rings is 2. The average Bonchev–Trinajstić information content (AvgIpc) is 3.78. The predicted molar refractivity (Wildman–Crippen MR) is 185 cm³/mol. The minimum atomic E-state index is -1.14. The minimum Gasteiger partial charge on any atom is -0.476 e. The van der Waals surface area contributed by atoms with Crippen LogP contribution in [0.4, 0.5) is 5.69 Å². The van der Waals surface area contributed by atoms with Gasteiger partial charge in [0.2, 0.25) is 0 Å². The van der Waals surface area contributed by atoms with Gasteiger partial charge < -0.3 is 10.5 Å². The third kappa shape index (κ3) is 5.85. The molecule has 4 heterocycles. The van der Waals surface area contributed by atoms with E-state index < -0.39 is 11.5 Å². The molecule has 7 rings (SSSR count). The van der Waals surface area contributed by atoms with E-state index in [1.54, 1.807) is 55.0 Å². The van der Waals surface area contributed by atoms with Crippen LogP contribution in [0.1, 0.15) is 67.0 Å². The molecule has 9 nitrogen and oxygen atoms in total. The largest absolute Gasteiger partial charge is 0.476 e. The van der Waals surface area contributed by atoms with Crippen molar-refractivity contribution < 1.29 is 14.3 Å². The molecule has 2 aliphatic rings. The van der Waals surface area contributed by atoms with Crippen molar-refractivity contribution in [3.63, 3.8) is 0 Å². The summed E-state index contributed by atoms with van der Waals surface area (Å²) < 4.78 is 8.25. The molecule has 0 radical (unpaired) electrons. The second-order valence-corrected chi connectivity index (χ2v) is 14.1. The van der Waals surface area contributed by atoms with Gasteiger partial charge in [-0.15, -0.1) is 11.8 Å². The van der Waals surface area contributed by atoms with Crippen LogP contribution in [0, 0.1) is 5.92 Å². The summed E-state index contributed by atoms with van der Waals surface area (Å²) in [6, 6.07) is 17.5. The number of nitrogens with zero attached hydrogens (tertiary/aromatic N) is 5. The third-order valence-electron chi connectivity index (χ3n) is 8.98. The molecule has 240 valence electrons. The van der Waals surface area contributed by atoms with Gasteiger partial charge in [-0.2, -0.15) is 5.10 Å². The van der Waals surface area contributed by atoms with Crippen LogP contribution in [-0.4, -0.2) is 43.4 Å². The summed E-state index contributed by atoms with van der Waals surface area (Å²) in [6.07, 6.45) is 8.24. The maximum absolute atomic E-state index is 13.6. The SMILES string of the molecule is CSc1ccc(C(C)n2ncc3c(-c4ccc5c(c4)OC(C)(C)C(=O)N5Cc4ccc(Cl)cn4)c(C(N)=O)c(CC4CC4)nc32)cc1. The number of carbonyl (C=O) groups is 2. The first-order valence-corrected chi connectivity index (χ1v) is 17.2. The number of benzene rings is 2. The lowest BCUT2D eigenvalue weighted by Gasteiger charge is -2.39. The van der Waals surface area contributed by atoms with Crippen molar-refractivity contribution in [3.8, 4) is 16.9 Å². The number of nitrogens with two attached hydrogens (primary N) is 1. The molecular weight excluding hydrogens is 632 g/mol. The highest BCUT2D eigenvalue weighted by Gasteiger charge is 2.41. The molecule has 1 unspecified atom stereocenters. The molecule has 0 bridgehead atoms. The van der Waals surface area contributed by atoms with Crippen LogP contribution in [0.15, 0.2) is 71.9 Å². The standard InChI is InChI=1S/C36H35ClN6O3S/c1-20(22-7-12-26(47-4)13-8-22)43-34-27(18-40-43)31(32(33(38)44)28(41-34)15-21-5-6-21)23-9-14-29-30(16-23)46-36(2,3)35(45)42(29)19-25-11-10-24(37)17-39-25/h7-14,16-18,20-21H,5-6,15,19H2,1-4H3,(H2,38,44). The van der Waals surface area contributed by atoms with Crippen LogP contribution >= 0.6 is 23.4 Å². The fourth-order valence-electron chi connectivity index (χ4n) is 6.27. The third-order valence-corrected chi connectivity index (χ3v) is 9.95. The Bertz CT molecular complexity index is 2020. The van der Waals surface area contributed by atoms with Gasteiger partial charge in [0.15, 0.2) is 11.2 Å². The van der Waals surface area contributed by atoms with Crippen LogP contribution in [0.3, 0.4) is 0 Å². The van der Waals surface area contributed by atoms with Crippen molar-refractivity contribution in [3.05, 3.63) is 94.5 Å². The first-order chi connectivity index (χ1) is 22.5. The van der Waals surface area contributed by atoms with Gasteiger partial charge in [0.1, 0.15) is 5.75 Å². The highest BCUT2D eigenvalue weighted by Crippen LogP contribution is 2.44. The van der Waals surface area contributed by atoms with Crippen LogP contribution in [0.5, 0.6) is 5.75 Å². The lowest BCUT2D eigenvalue weighted by molar-refractivity contribution is -0.132. The predicted octanol–water partition coefficient (Wildman–Crippen LogP) is 7.23. The van der Waals surface area contributed by atoms with E-state index in [1.165, 1.54) is 4.90 Å². The molecule has 2 aromatic carbocycles. The molecule has 11 heteroatoms. The fourth-order valence-corrected chi connectivity index (χ4v) is 6.79. The van der Waals surface area contributed by atoms with E-state index in [4.69, 9.17) is 32.2 Å². The molecule has 1 fully saturated rings. The summed E-state index contributed by atoms with van der Waals surface area (Å²) >= 11 is 7.76. The number of carbonyl (C=O) groups excluding carboxylic acids is 2. The lowest BCUT2D eigenvalue weighted by atomic mass is 9.92. The van der Waals surface area contributed by atoms with Crippen LogP contribution in [0.2, 0.25) is 5.02 Å². The molecule has 1 aliphatic heterocycles. The zero-order chi connectivity index (χ0) is 33.0. The number of amides is 2. The average molecular weight is 667 g/mol. The summed E-state index contributed by atoms with van der Waals surface area (Å²) in [4.78, 5) is 39.2. The van der Waals surface area contributed by atoms with E-state index in [0.717, 1.165) is 29.4 Å². The van der Waals surface area contributed by atoms with Crippen molar-refractivity contribution in [2.45, 2.75) is 63.1 Å². The molecule has 47 heavy (non-hydrogen) atoms. The first kappa shape index (κ1) is 31.2. The zero-order valence-electron chi connectivity index (χ0n) is 26.7. The smallest absolute Gasteiger partial charge is 0.271 e. The highest BCUT2D eigenvalue weighted by atomic mass is 35.5. The van der Waals surface area contributed by atoms with Gasteiger partial charge in [-0.3, -0.25) is 19.5 Å². The number of aromatic nitrogens is 4. The number of rotatable bonds is 9. The Morgan fingerprint density at radius 3 is 2.55 bits per heavy atom. The number of primary amides is 1. The van der Waals surface area contributed by atoms with Gasteiger partial charge in [-0.25, -0.2) is 9.67 Å².